The number of rotatable bonds is 4. The van der Waals surface area contributed by atoms with Crippen molar-refractivity contribution >= 4 is 11.8 Å². The molecule has 5 nitrogen and oxygen atoms in total. The van der Waals surface area contributed by atoms with Crippen LogP contribution in [-0.4, -0.2) is 25.3 Å². The summed E-state index contributed by atoms with van der Waals surface area (Å²) in [6.07, 6.45) is 1.91. The van der Waals surface area contributed by atoms with Gasteiger partial charge in [-0.15, -0.1) is 10.2 Å². The van der Waals surface area contributed by atoms with E-state index in [2.05, 4.69) is 47.3 Å². The van der Waals surface area contributed by atoms with Crippen LogP contribution in [0.3, 0.4) is 0 Å². The van der Waals surface area contributed by atoms with Gasteiger partial charge in [0.05, 0.1) is 0 Å². The highest BCUT2D eigenvalue weighted by Crippen LogP contribution is 2.24. The molecule has 2 aromatic heterocycles. The van der Waals surface area contributed by atoms with E-state index in [0.29, 0.717) is 0 Å². The van der Waals surface area contributed by atoms with Gasteiger partial charge in [0.15, 0.2) is 5.16 Å². The van der Waals surface area contributed by atoms with Crippen molar-refractivity contribution in [2.24, 2.45) is 7.05 Å². The van der Waals surface area contributed by atoms with Crippen LogP contribution in [0.4, 0.5) is 0 Å². The lowest BCUT2D eigenvalue weighted by atomic mass is 10.1. The third-order valence-electron chi connectivity index (χ3n) is 2.87. The predicted molar refractivity (Wildman–Crippen MR) is 80.7 cm³/mol. The van der Waals surface area contributed by atoms with Crippen LogP contribution >= 0.6 is 11.8 Å². The topological polar surface area (TPSA) is 55.6 Å². The molecule has 0 unspecified atom stereocenters. The fraction of sp³-hybridized carbons (Fsp3) is 0.500. The molecule has 2 heterocycles. The normalized spacial score (nSPS) is 11.8. The first-order valence-corrected chi connectivity index (χ1v) is 7.40. The lowest BCUT2D eigenvalue weighted by molar-refractivity contribution is 0.424. The Hall–Kier alpha value is -1.40. The second-order valence-electron chi connectivity index (χ2n) is 5.80. The van der Waals surface area contributed by atoms with Crippen molar-refractivity contribution in [1.29, 1.82) is 0 Å². The van der Waals surface area contributed by atoms with E-state index in [1.165, 1.54) is 17.3 Å². The van der Waals surface area contributed by atoms with Gasteiger partial charge in [-0.2, -0.15) is 0 Å². The maximum Gasteiger partial charge on any atom is 0.197 e. The monoisotopic (exact) mass is 291 g/mol. The van der Waals surface area contributed by atoms with Crippen molar-refractivity contribution in [3.8, 4) is 0 Å². The largest absolute Gasteiger partial charge is 0.309 e. The van der Waals surface area contributed by atoms with Crippen molar-refractivity contribution in [2.45, 2.75) is 50.0 Å². The minimum atomic E-state index is 0.115. The summed E-state index contributed by atoms with van der Waals surface area (Å²) in [7, 11) is 1.96. The molecule has 0 saturated heterocycles. The van der Waals surface area contributed by atoms with Crippen LogP contribution in [0.1, 0.15) is 32.2 Å². The Morgan fingerprint density at radius 3 is 2.50 bits per heavy atom. The first-order chi connectivity index (χ1) is 9.35. The average molecular weight is 291 g/mol. The summed E-state index contributed by atoms with van der Waals surface area (Å²) in [6.45, 7) is 9.22. The lowest BCUT2D eigenvalue weighted by Gasteiger charge is -2.20. The molecule has 1 N–H and O–H groups in total. The second kappa shape index (κ2) is 5.93. The van der Waals surface area contributed by atoms with Crippen molar-refractivity contribution in [3.63, 3.8) is 0 Å². The van der Waals surface area contributed by atoms with E-state index < -0.39 is 0 Å². The van der Waals surface area contributed by atoms with Crippen LogP contribution in [0, 0.1) is 6.92 Å². The molecule has 0 amide bonds. The third-order valence-corrected chi connectivity index (χ3v) is 3.86. The highest BCUT2D eigenvalue weighted by atomic mass is 32.2. The molecule has 6 heteroatoms. The van der Waals surface area contributed by atoms with Crippen LogP contribution in [0.2, 0.25) is 0 Å². The van der Waals surface area contributed by atoms with Gasteiger partial charge in [-0.05, 0) is 51.1 Å². The van der Waals surface area contributed by atoms with Crippen molar-refractivity contribution in [3.05, 3.63) is 29.7 Å². The average Bonchev–Trinajstić information content (AvgIpc) is 2.69. The maximum atomic E-state index is 4.47. The Balaban J connectivity index is 2.00. The molecule has 0 aliphatic heterocycles. The van der Waals surface area contributed by atoms with Gasteiger partial charge in [0.1, 0.15) is 10.9 Å². The van der Waals surface area contributed by atoms with E-state index in [1.54, 1.807) is 0 Å². The van der Waals surface area contributed by atoms with E-state index in [4.69, 9.17) is 0 Å². The Labute approximate surface area is 124 Å². The highest BCUT2D eigenvalue weighted by molar-refractivity contribution is 7.99. The first-order valence-electron chi connectivity index (χ1n) is 6.59. The van der Waals surface area contributed by atoms with E-state index >= 15 is 0 Å². The van der Waals surface area contributed by atoms with Crippen molar-refractivity contribution < 1.29 is 0 Å². The maximum absolute atomic E-state index is 4.47. The van der Waals surface area contributed by atoms with Gasteiger partial charge in [0.25, 0.3) is 0 Å². The minimum absolute atomic E-state index is 0.115. The Morgan fingerprint density at radius 2 is 2.00 bits per heavy atom. The van der Waals surface area contributed by atoms with Crippen molar-refractivity contribution in [1.82, 2.24) is 25.1 Å². The Morgan fingerprint density at radius 1 is 1.25 bits per heavy atom. The summed E-state index contributed by atoms with van der Waals surface area (Å²) in [6, 6.07) is 4.12. The summed E-state index contributed by atoms with van der Waals surface area (Å²) in [5.74, 6) is 0.901. The lowest BCUT2D eigenvalue weighted by Crippen LogP contribution is -2.35. The van der Waals surface area contributed by atoms with Gasteiger partial charge in [-0.25, -0.2) is 4.98 Å². The number of aromatic nitrogens is 4. The Kier molecular flexibility index (Phi) is 4.45. The summed E-state index contributed by atoms with van der Waals surface area (Å²) >= 11 is 1.53. The number of pyridine rings is 1. The molecule has 0 bridgehead atoms. The molecule has 0 atom stereocenters. The van der Waals surface area contributed by atoms with E-state index in [9.17, 15) is 0 Å². The molecule has 108 valence electrons. The summed E-state index contributed by atoms with van der Waals surface area (Å²) in [5, 5.41) is 13.4. The van der Waals surface area contributed by atoms with Crippen LogP contribution < -0.4 is 5.32 Å². The molecule has 0 radical (unpaired) electrons. The van der Waals surface area contributed by atoms with Gasteiger partial charge in [0.2, 0.25) is 0 Å². The minimum Gasteiger partial charge on any atom is -0.309 e. The number of hydrogen-bond acceptors (Lipinski definition) is 5. The zero-order valence-electron chi connectivity index (χ0n) is 12.6. The van der Waals surface area contributed by atoms with E-state index in [0.717, 1.165) is 22.6 Å². The molecule has 0 fully saturated rings. The molecule has 2 aromatic rings. The molecular weight excluding hydrogens is 270 g/mol. The summed E-state index contributed by atoms with van der Waals surface area (Å²) in [4.78, 5) is 4.47. The second-order valence-corrected chi connectivity index (χ2v) is 6.79. The van der Waals surface area contributed by atoms with Crippen LogP contribution in [0.15, 0.2) is 28.5 Å². The van der Waals surface area contributed by atoms with Gasteiger partial charge in [0, 0.05) is 25.3 Å². The van der Waals surface area contributed by atoms with Gasteiger partial charge in [-0.1, -0.05) is 6.07 Å². The van der Waals surface area contributed by atoms with Crippen molar-refractivity contribution in [2.75, 3.05) is 0 Å². The number of nitrogens with one attached hydrogen (secondary N) is 1. The number of aryl methyl sites for hydroxylation is 1. The molecular formula is C14H21N5S. The molecule has 0 aliphatic rings. The smallest absolute Gasteiger partial charge is 0.197 e. The summed E-state index contributed by atoms with van der Waals surface area (Å²) < 4.78 is 1.96. The van der Waals surface area contributed by atoms with E-state index in [-0.39, 0.29) is 5.54 Å². The zero-order valence-corrected chi connectivity index (χ0v) is 13.5. The summed E-state index contributed by atoms with van der Waals surface area (Å²) in [5.41, 5.74) is 1.29. The first kappa shape index (κ1) is 15.0. The molecule has 0 aliphatic carbocycles. The van der Waals surface area contributed by atoms with E-state index in [1.807, 2.05) is 30.8 Å². The van der Waals surface area contributed by atoms with Gasteiger partial charge >= 0.3 is 0 Å². The zero-order chi connectivity index (χ0) is 14.8. The molecule has 20 heavy (non-hydrogen) atoms. The molecule has 0 spiro atoms. The molecule has 2 rings (SSSR count). The predicted octanol–water partition coefficient (Wildman–Crippen LogP) is 2.56. The number of hydrogen-bond donors (Lipinski definition) is 1. The highest BCUT2D eigenvalue weighted by Gasteiger charge is 2.10. The third kappa shape index (κ3) is 4.05. The standard InChI is InChI=1S/C14H21N5S/c1-10-17-18-13(19(10)5)20-12-7-6-11(8-15-12)9-16-14(2,3)4/h6-8,16H,9H2,1-5H3. The SMILES string of the molecule is Cc1nnc(Sc2ccc(CNC(C)(C)C)cn2)n1C. The van der Waals surface area contributed by atoms with Gasteiger partial charge in [-0.3, -0.25) is 0 Å². The van der Waals surface area contributed by atoms with Gasteiger partial charge < -0.3 is 9.88 Å². The fourth-order valence-electron chi connectivity index (χ4n) is 1.51. The fourth-order valence-corrected chi connectivity index (χ4v) is 2.29. The quantitative estimate of drug-likeness (QED) is 0.938. The van der Waals surface area contributed by atoms with Crippen LogP contribution in [0.25, 0.3) is 0 Å². The molecule has 0 saturated carbocycles. The van der Waals surface area contributed by atoms with Crippen LogP contribution in [-0.2, 0) is 13.6 Å². The number of nitrogens with zero attached hydrogens (tertiary/aromatic N) is 4. The Bertz CT molecular complexity index is 568. The van der Waals surface area contributed by atoms with Crippen LogP contribution in [0.5, 0.6) is 0 Å². The molecule has 0 aromatic carbocycles.